The molecule has 4 rings (SSSR count). The van der Waals surface area contributed by atoms with E-state index in [-0.39, 0.29) is 32.7 Å². The highest BCUT2D eigenvalue weighted by Crippen LogP contribution is 2.30. The molecule has 0 saturated carbocycles. The van der Waals surface area contributed by atoms with E-state index in [4.69, 9.17) is 8.37 Å². The monoisotopic (exact) mass is 524 g/mol. The summed E-state index contributed by atoms with van der Waals surface area (Å²) >= 11 is 0. The second-order valence-corrected chi connectivity index (χ2v) is 10.4. The summed E-state index contributed by atoms with van der Waals surface area (Å²) in [4.78, 5) is 12.6. The van der Waals surface area contributed by atoms with Gasteiger partial charge in [-0.25, -0.2) is 4.79 Å². The summed E-state index contributed by atoms with van der Waals surface area (Å²) in [6, 6.07) is 26.3. The van der Waals surface area contributed by atoms with Crippen LogP contribution in [0.1, 0.15) is 0 Å². The van der Waals surface area contributed by atoms with Crippen molar-refractivity contribution in [2.45, 2.75) is 9.79 Å². The maximum atomic E-state index is 12.7. The number of carbonyl (C=O) groups is 1. The first-order chi connectivity index (χ1) is 17.2. The van der Waals surface area contributed by atoms with Crippen LogP contribution in [-0.4, -0.2) is 22.9 Å². The number of rotatable bonds is 8. The molecule has 0 spiro atoms. The third-order valence-electron chi connectivity index (χ3n) is 4.73. The zero-order valence-corrected chi connectivity index (χ0v) is 20.2. The van der Waals surface area contributed by atoms with Crippen LogP contribution in [0, 0.1) is 0 Å². The number of anilines is 2. The first-order valence-corrected chi connectivity index (χ1v) is 13.3. The van der Waals surface area contributed by atoms with E-state index >= 15 is 0 Å². The smallest absolute Gasteiger partial charge is 0.339 e. The highest BCUT2D eigenvalue weighted by molar-refractivity contribution is 7.87. The van der Waals surface area contributed by atoms with Crippen molar-refractivity contribution in [1.82, 2.24) is 0 Å². The minimum Gasteiger partial charge on any atom is -0.377 e. The summed E-state index contributed by atoms with van der Waals surface area (Å²) in [5, 5.41) is 5.02. The third kappa shape index (κ3) is 6.01. The van der Waals surface area contributed by atoms with E-state index in [2.05, 4.69) is 10.6 Å². The highest BCUT2D eigenvalue weighted by Gasteiger charge is 2.21. The molecule has 0 atom stereocenters. The molecule has 2 N–H and O–H groups in total. The predicted octanol–water partition coefficient (Wildman–Crippen LogP) is 4.87. The molecule has 184 valence electrons. The second-order valence-electron chi connectivity index (χ2n) is 7.27. The lowest BCUT2D eigenvalue weighted by Crippen LogP contribution is -2.21. The maximum absolute atomic E-state index is 12.7. The van der Waals surface area contributed by atoms with Crippen molar-refractivity contribution >= 4 is 37.6 Å². The fourth-order valence-electron chi connectivity index (χ4n) is 3.07. The van der Waals surface area contributed by atoms with Crippen molar-refractivity contribution in [3.63, 3.8) is 0 Å². The van der Waals surface area contributed by atoms with Gasteiger partial charge in [-0.15, -0.1) is 0 Å². The van der Waals surface area contributed by atoms with Crippen LogP contribution in [0.5, 0.6) is 11.5 Å². The van der Waals surface area contributed by atoms with Crippen LogP contribution in [0.4, 0.5) is 16.2 Å². The quantitative estimate of drug-likeness (QED) is 0.315. The normalized spacial score (nSPS) is 11.3. The van der Waals surface area contributed by atoms with Crippen molar-refractivity contribution < 1.29 is 30.0 Å². The lowest BCUT2D eigenvalue weighted by Gasteiger charge is -2.15. The summed E-state index contributed by atoms with van der Waals surface area (Å²) < 4.78 is 60.9. The second kappa shape index (κ2) is 10.5. The largest absolute Gasteiger partial charge is 0.377 e. The lowest BCUT2D eigenvalue weighted by molar-refractivity contribution is 0.262. The Kier molecular flexibility index (Phi) is 7.23. The van der Waals surface area contributed by atoms with Crippen molar-refractivity contribution in [3.05, 3.63) is 109 Å². The average molecular weight is 525 g/mol. The number of carbonyl (C=O) groups excluding carboxylic acids is 1. The van der Waals surface area contributed by atoms with Crippen molar-refractivity contribution in [1.29, 1.82) is 0 Å². The first kappa shape index (κ1) is 24.8. The molecular formula is C25H20N2O7S2. The summed E-state index contributed by atoms with van der Waals surface area (Å²) in [5.74, 6) is -0.208. The van der Waals surface area contributed by atoms with E-state index in [1.807, 2.05) is 0 Å². The number of para-hydroxylation sites is 4. The van der Waals surface area contributed by atoms with Crippen LogP contribution in [-0.2, 0) is 20.2 Å². The average Bonchev–Trinajstić information content (AvgIpc) is 2.87. The van der Waals surface area contributed by atoms with Gasteiger partial charge in [0.05, 0.1) is 11.4 Å². The zero-order valence-electron chi connectivity index (χ0n) is 18.6. The summed E-state index contributed by atoms with van der Waals surface area (Å²) in [6.07, 6.45) is 0. The number of urea groups is 1. The van der Waals surface area contributed by atoms with Gasteiger partial charge in [0.15, 0.2) is 11.5 Å². The van der Waals surface area contributed by atoms with Gasteiger partial charge in [0.25, 0.3) is 0 Å². The minimum absolute atomic E-state index is 0.0463. The molecule has 36 heavy (non-hydrogen) atoms. The number of nitrogens with one attached hydrogen (secondary N) is 2. The summed E-state index contributed by atoms with van der Waals surface area (Å²) in [5.41, 5.74) is 0.148. The Morgan fingerprint density at radius 3 is 1.22 bits per heavy atom. The molecule has 0 aliphatic carbocycles. The van der Waals surface area contributed by atoms with Gasteiger partial charge in [0, 0.05) is 0 Å². The predicted molar refractivity (Wildman–Crippen MR) is 134 cm³/mol. The van der Waals surface area contributed by atoms with Crippen LogP contribution in [0.25, 0.3) is 0 Å². The van der Waals surface area contributed by atoms with E-state index in [0.29, 0.717) is 0 Å². The Morgan fingerprint density at radius 1 is 0.500 bits per heavy atom. The molecule has 0 saturated heterocycles. The number of hydrogen-bond acceptors (Lipinski definition) is 7. The topological polar surface area (TPSA) is 128 Å². The Morgan fingerprint density at radius 2 is 0.833 bits per heavy atom. The SMILES string of the molecule is O=C(Nc1ccccc1OS(=O)(=O)c1ccccc1)Nc1ccccc1OS(=O)(=O)c1ccccc1. The number of benzene rings is 4. The Balaban J connectivity index is 1.51. The van der Waals surface area contributed by atoms with E-state index < -0.39 is 26.3 Å². The Hall–Kier alpha value is -4.35. The van der Waals surface area contributed by atoms with Crippen LogP contribution in [0.15, 0.2) is 119 Å². The van der Waals surface area contributed by atoms with E-state index in [0.717, 1.165) is 0 Å². The molecule has 2 amide bonds. The minimum atomic E-state index is -4.14. The Bertz CT molecular complexity index is 1460. The summed E-state index contributed by atoms with van der Waals surface area (Å²) in [6.45, 7) is 0. The van der Waals surface area contributed by atoms with Gasteiger partial charge in [0.1, 0.15) is 9.79 Å². The van der Waals surface area contributed by atoms with Crippen molar-refractivity contribution in [2.24, 2.45) is 0 Å². The van der Waals surface area contributed by atoms with Gasteiger partial charge in [-0.05, 0) is 48.5 Å². The molecule has 0 bridgehead atoms. The molecule has 0 aliphatic rings. The fraction of sp³-hybridized carbons (Fsp3) is 0. The van der Waals surface area contributed by atoms with Crippen LogP contribution < -0.4 is 19.0 Å². The molecule has 11 heteroatoms. The zero-order chi connectivity index (χ0) is 25.6. The molecule has 4 aromatic rings. The van der Waals surface area contributed by atoms with Gasteiger partial charge >= 0.3 is 26.3 Å². The molecule has 0 heterocycles. The molecule has 4 aromatic carbocycles. The van der Waals surface area contributed by atoms with Gasteiger partial charge in [-0.2, -0.15) is 16.8 Å². The number of amides is 2. The van der Waals surface area contributed by atoms with Crippen LogP contribution >= 0.6 is 0 Å². The van der Waals surface area contributed by atoms with Crippen molar-refractivity contribution in [2.75, 3.05) is 10.6 Å². The molecule has 0 aliphatic heterocycles. The number of hydrogen-bond donors (Lipinski definition) is 2. The molecule has 0 unspecified atom stereocenters. The Labute approximate surface area is 208 Å². The highest BCUT2D eigenvalue weighted by atomic mass is 32.2. The van der Waals surface area contributed by atoms with E-state index in [1.165, 1.54) is 48.5 Å². The lowest BCUT2D eigenvalue weighted by atomic mass is 10.3. The van der Waals surface area contributed by atoms with Gasteiger partial charge in [0.2, 0.25) is 0 Å². The third-order valence-corrected chi connectivity index (χ3v) is 7.23. The molecule has 9 nitrogen and oxygen atoms in total. The van der Waals surface area contributed by atoms with E-state index in [9.17, 15) is 21.6 Å². The summed E-state index contributed by atoms with van der Waals surface area (Å²) in [7, 11) is -8.28. The van der Waals surface area contributed by atoms with Gasteiger partial charge in [-0.3, -0.25) is 0 Å². The van der Waals surface area contributed by atoms with Crippen LogP contribution in [0.3, 0.4) is 0 Å². The van der Waals surface area contributed by atoms with Gasteiger partial charge in [-0.1, -0.05) is 60.7 Å². The fourth-order valence-corrected chi connectivity index (χ4v) is 5.00. The molecule has 0 fully saturated rings. The molecule has 0 aromatic heterocycles. The first-order valence-electron chi connectivity index (χ1n) is 10.5. The molecular weight excluding hydrogens is 504 g/mol. The standard InChI is InChI=1S/C25H20N2O7S2/c28-25(26-21-15-7-9-17-23(21)33-35(29,30)19-11-3-1-4-12-19)27-22-16-8-10-18-24(22)34-36(31,32)20-13-5-2-6-14-20/h1-18H,(H2,26,27,28). The molecule has 0 radical (unpaired) electrons. The maximum Gasteiger partial charge on any atom is 0.339 e. The van der Waals surface area contributed by atoms with Crippen molar-refractivity contribution in [3.8, 4) is 11.5 Å². The van der Waals surface area contributed by atoms with E-state index in [1.54, 1.807) is 60.7 Å². The van der Waals surface area contributed by atoms with Gasteiger partial charge < -0.3 is 19.0 Å². The van der Waals surface area contributed by atoms with Crippen LogP contribution in [0.2, 0.25) is 0 Å².